The molecule has 0 saturated heterocycles. The van der Waals surface area contributed by atoms with E-state index in [0.717, 1.165) is 12.1 Å². The fraction of sp³-hybridized carbons (Fsp3) is 0.174. The molecule has 0 bridgehead atoms. The highest BCUT2D eigenvalue weighted by Gasteiger charge is 2.29. The zero-order chi connectivity index (χ0) is 24.2. The van der Waals surface area contributed by atoms with E-state index in [4.69, 9.17) is 14.6 Å². The van der Waals surface area contributed by atoms with Crippen molar-refractivity contribution in [2.75, 3.05) is 6.61 Å². The third kappa shape index (κ3) is 6.04. The maximum atomic E-state index is 12.9. The SMILES string of the molecule is Cc1cc(S(=O)(=O)c2ccc(OCc3ccc(C(F)(F)F)cc3)cc2)ccc1OCC(=O)O. The van der Waals surface area contributed by atoms with E-state index >= 15 is 0 Å². The maximum absolute atomic E-state index is 12.9. The fourth-order valence-electron chi connectivity index (χ4n) is 2.90. The lowest BCUT2D eigenvalue weighted by molar-refractivity contribution is -0.139. The average Bonchev–Trinajstić information content (AvgIpc) is 2.76. The van der Waals surface area contributed by atoms with Gasteiger partial charge in [0.2, 0.25) is 9.84 Å². The zero-order valence-electron chi connectivity index (χ0n) is 17.3. The van der Waals surface area contributed by atoms with Crippen LogP contribution in [0.4, 0.5) is 13.2 Å². The van der Waals surface area contributed by atoms with Gasteiger partial charge in [0.05, 0.1) is 15.4 Å². The van der Waals surface area contributed by atoms with Gasteiger partial charge >= 0.3 is 12.1 Å². The molecule has 0 radical (unpaired) electrons. The summed E-state index contributed by atoms with van der Waals surface area (Å²) >= 11 is 0. The van der Waals surface area contributed by atoms with Crippen LogP contribution in [-0.2, 0) is 27.4 Å². The Morgan fingerprint density at radius 3 is 2.06 bits per heavy atom. The van der Waals surface area contributed by atoms with Crippen LogP contribution in [-0.4, -0.2) is 26.1 Å². The Labute approximate surface area is 188 Å². The van der Waals surface area contributed by atoms with E-state index in [0.29, 0.717) is 16.9 Å². The molecule has 0 fully saturated rings. The Hall–Kier alpha value is -3.53. The first-order valence-corrected chi connectivity index (χ1v) is 11.0. The predicted molar refractivity (Wildman–Crippen MR) is 112 cm³/mol. The van der Waals surface area contributed by atoms with E-state index in [9.17, 15) is 26.4 Å². The molecule has 3 rings (SSSR count). The molecule has 0 aromatic heterocycles. The van der Waals surface area contributed by atoms with Crippen LogP contribution in [0, 0.1) is 6.92 Å². The number of carbonyl (C=O) groups is 1. The van der Waals surface area contributed by atoms with Gasteiger partial charge in [-0.05, 0) is 72.6 Å². The molecule has 1 N–H and O–H groups in total. The second-order valence-electron chi connectivity index (χ2n) is 7.07. The highest BCUT2D eigenvalue weighted by atomic mass is 32.2. The molecule has 10 heteroatoms. The first kappa shape index (κ1) is 24.1. The van der Waals surface area contributed by atoms with Crippen molar-refractivity contribution in [2.24, 2.45) is 0 Å². The van der Waals surface area contributed by atoms with Gasteiger partial charge in [-0.25, -0.2) is 13.2 Å². The number of hydrogen-bond donors (Lipinski definition) is 1. The molecule has 0 aliphatic heterocycles. The van der Waals surface area contributed by atoms with Crippen molar-refractivity contribution in [3.8, 4) is 11.5 Å². The third-order valence-electron chi connectivity index (χ3n) is 4.63. The van der Waals surface area contributed by atoms with Crippen LogP contribution in [0.3, 0.4) is 0 Å². The molecule has 3 aromatic carbocycles. The summed E-state index contributed by atoms with van der Waals surface area (Å²) in [5.41, 5.74) is 0.242. The summed E-state index contributed by atoms with van der Waals surface area (Å²) in [5.74, 6) is -0.530. The molecule has 0 heterocycles. The first-order chi connectivity index (χ1) is 15.5. The number of aliphatic carboxylic acids is 1. The van der Waals surface area contributed by atoms with Crippen LogP contribution in [0.15, 0.2) is 76.5 Å². The Kier molecular flexibility index (Phi) is 6.97. The molecule has 0 aliphatic carbocycles. The number of alkyl halides is 3. The molecule has 0 aliphatic rings. The van der Waals surface area contributed by atoms with E-state index in [-0.39, 0.29) is 22.1 Å². The number of halogens is 3. The topological polar surface area (TPSA) is 89.9 Å². The lowest BCUT2D eigenvalue weighted by Crippen LogP contribution is -2.10. The second-order valence-corrected chi connectivity index (χ2v) is 9.02. The van der Waals surface area contributed by atoms with E-state index in [1.54, 1.807) is 6.92 Å². The molecule has 174 valence electrons. The molecule has 0 amide bonds. The van der Waals surface area contributed by atoms with Gasteiger partial charge in [0.25, 0.3) is 0 Å². The Morgan fingerprint density at radius 1 is 0.909 bits per heavy atom. The van der Waals surface area contributed by atoms with Crippen molar-refractivity contribution in [1.29, 1.82) is 0 Å². The fourth-order valence-corrected chi connectivity index (χ4v) is 4.24. The van der Waals surface area contributed by atoms with Crippen molar-refractivity contribution in [2.45, 2.75) is 29.5 Å². The van der Waals surface area contributed by atoms with Crippen molar-refractivity contribution < 1.29 is 41.0 Å². The van der Waals surface area contributed by atoms with Gasteiger partial charge in [-0.1, -0.05) is 12.1 Å². The molecule has 0 spiro atoms. The number of sulfone groups is 1. The number of carboxylic acid groups (broad SMARTS) is 1. The lowest BCUT2D eigenvalue weighted by Gasteiger charge is -2.11. The van der Waals surface area contributed by atoms with E-state index in [1.807, 2.05) is 0 Å². The Bertz CT molecular complexity index is 1230. The van der Waals surface area contributed by atoms with Gasteiger partial charge in [0.1, 0.15) is 18.1 Å². The summed E-state index contributed by atoms with van der Waals surface area (Å²) in [4.78, 5) is 10.7. The molecule has 0 unspecified atom stereocenters. The smallest absolute Gasteiger partial charge is 0.416 e. The molecule has 0 saturated carbocycles. The van der Waals surface area contributed by atoms with Crippen LogP contribution in [0.5, 0.6) is 11.5 Å². The van der Waals surface area contributed by atoms with Gasteiger partial charge < -0.3 is 14.6 Å². The number of carboxylic acids is 1. The highest BCUT2D eigenvalue weighted by molar-refractivity contribution is 7.91. The van der Waals surface area contributed by atoms with E-state index in [2.05, 4.69) is 0 Å². The third-order valence-corrected chi connectivity index (χ3v) is 6.40. The van der Waals surface area contributed by atoms with Gasteiger partial charge in [-0.3, -0.25) is 0 Å². The van der Waals surface area contributed by atoms with Gasteiger partial charge in [0, 0.05) is 0 Å². The minimum absolute atomic E-state index is 0.0149. The number of rotatable bonds is 8. The number of aryl methyl sites for hydroxylation is 1. The molecule has 0 atom stereocenters. The largest absolute Gasteiger partial charge is 0.489 e. The maximum Gasteiger partial charge on any atom is 0.416 e. The molecule has 33 heavy (non-hydrogen) atoms. The highest BCUT2D eigenvalue weighted by Crippen LogP contribution is 2.30. The number of benzene rings is 3. The molecular formula is C23H19F3O6S. The van der Waals surface area contributed by atoms with Crippen molar-refractivity contribution >= 4 is 15.8 Å². The van der Waals surface area contributed by atoms with Crippen LogP contribution in [0.2, 0.25) is 0 Å². The first-order valence-electron chi connectivity index (χ1n) is 9.56. The zero-order valence-corrected chi connectivity index (χ0v) is 18.1. The van der Waals surface area contributed by atoms with Crippen molar-refractivity contribution in [1.82, 2.24) is 0 Å². The Morgan fingerprint density at radius 2 is 1.52 bits per heavy atom. The monoisotopic (exact) mass is 480 g/mol. The summed E-state index contributed by atoms with van der Waals surface area (Å²) < 4.78 is 74.3. The quantitative estimate of drug-likeness (QED) is 0.494. The van der Waals surface area contributed by atoms with Crippen LogP contribution < -0.4 is 9.47 Å². The molecular weight excluding hydrogens is 461 g/mol. The van der Waals surface area contributed by atoms with Crippen LogP contribution in [0.25, 0.3) is 0 Å². The van der Waals surface area contributed by atoms with E-state index in [1.165, 1.54) is 54.6 Å². The lowest BCUT2D eigenvalue weighted by atomic mass is 10.1. The predicted octanol–water partition coefficient (Wildman–Crippen LogP) is 4.89. The summed E-state index contributed by atoms with van der Waals surface area (Å²) in [6.07, 6.45) is -4.41. The van der Waals surface area contributed by atoms with Gasteiger partial charge in [0.15, 0.2) is 6.61 Å². The molecule has 6 nitrogen and oxygen atoms in total. The van der Waals surface area contributed by atoms with Gasteiger partial charge in [-0.15, -0.1) is 0 Å². The second kappa shape index (κ2) is 9.53. The van der Waals surface area contributed by atoms with Crippen LogP contribution >= 0.6 is 0 Å². The minimum atomic E-state index is -4.41. The molecule has 3 aromatic rings. The van der Waals surface area contributed by atoms with Crippen LogP contribution in [0.1, 0.15) is 16.7 Å². The summed E-state index contributed by atoms with van der Waals surface area (Å²) in [6.45, 7) is 1.08. The van der Waals surface area contributed by atoms with Gasteiger partial charge in [-0.2, -0.15) is 13.2 Å². The number of ether oxygens (including phenoxy) is 2. The normalized spacial score (nSPS) is 11.8. The summed E-state index contributed by atoms with van der Waals surface area (Å²) in [7, 11) is -3.85. The van der Waals surface area contributed by atoms with E-state index < -0.39 is 34.2 Å². The van der Waals surface area contributed by atoms with Crippen molar-refractivity contribution in [3.63, 3.8) is 0 Å². The Balaban J connectivity index is 1.68. The minimum Gasteiger partial charge on any atom is -0.489 e. The van der Waals surface area contributed by atoms with Crippen molar-refractivity contribution in [3.05, 3.63) is 83.4 Å². The summed E-state index contributed by atoms with van der Waals surface area (Å²) in [5, 5.41) is 8.69. The number of hydrogen-bond acceptors (Lipinski definition) is 5. The summed E-state index contributed by atoms with van der Waals surface area (Å²) in [6, 6.07) is 14.3. The average molecular weight is 480 g/mol. The standard InChI is InChI=1S/C23H19F3O6S/c1-15-12-20(10-11-21(15)32-14-22(27)28)33(29,30)19-8-6-18(7-9-19)31-13-16-2-4-17(5-3-16)23(24,25)26/h2-12H,13-14H2,1H3,(H,27,28).